The number of ether oxygens (including phenoxy) is 2. The summed E-state index contributed by atoms with van der Waals surface area (Å²) in [4.78, 5) is 19.6. The number of benzene rings is 1. The molecule has 1 amide bonds. The number of rotatable bonds is 8. The molecule has 3 rings (SSSR count). The lowest BCUT2D eigenvalue weighted by atomic mass is 10.2. The summed E-state index contributed by atoms with van der Waals surface area (Å²) in [5.74, 6) is -0.499. The Balaban J connectivity index is 1.65. The number of carbonyl (C=O) groups excluding carboxylic acids is 1. The first-order chi connectivity index (χ1) is 15.7. The number of hydrogen-bond acceptors (Lipinski definition) is 7. The van der Waals surface area contributed by atoms with Crippen LogP contribution in [0.2, 0.25) is 0 Å². The molecule has 178 valence electrons. The highest BCUT2D eigenvalue weighted by Crippen LogP contribution is 2.34. The Bertz CT molecular complexity index is 953. The SMILES string of the molecule is C=C/N=C1/SC(C(=O)NCCN2CCOCC2)=C/C1=C(/C)Nc1ccc(OC(F)(F)F)cc1. The molecular weight excluding hydrogens is 457 g/mol. The number of carbonyl (C=O) groups is 1. The molecule has 2 aliphatic rings. The van der Waals surface area contributed by atoms with Gasteiger partial charge in [-0.05, 0) is 37.3 Å². The zero-order valence-electron chi connectivity index (χ0n) is 18.1. The van der Waals surface area contributed by atoms with Crippen molar-refractivity contribution in [3.8, 4) is 5.75 Å². The highest BCUT2D eigenvalue weighted by molar-refractivity contribution is 8.18. The smallest absolute Gasteiger partial charge is 0.406 e. The summed E-state index contributed by atoms with van der Waals surface area (Å²) in [7, 11) is 0. The van der Waals surface area contributed by atoms with Gasteiger partial charge in [-0.1, -0.05) is 18.3 Å². The number of morpholine rings is 1. The van der Waals surface area contributed by atoms with Gasteiger partial charge in [0.15, 0.2) is 0 Å². The van der Waals surface area contributed by atoms with Crippen LogP contribution < -0.4 is 15.4 Å². The van der Waals surface area contributed by atoms with Gasteiger partial charge in [0.25, 0.3) is 5.91 Å². The maximum absolute atomic E-state index is 12.6. The third kappa shape index (κ3) is 7.65. The summed E-state index contributed by atoms with van der Waals surface area (Å²) in [5, 5.41) is 6.66. The van der Waals surface area contributed by atoms with E-state index in [-0.39, 0.29) is 11.7 Å². The maximum Gasteiger partial charge on any atom is 0.573 e. The van der Waals surface area contributed by atoms with Crippen molar-refractivity contribution in [3.63, 3.8) is 0 Å². The second-order valence-corrected chi connectivity index (χ2v) is 8.20. The van der Waals surface area contributed by atoms with Crippen molar-refractivity contribution in [2.24, 2.45) is 4.99 Å². The molecule has 0 bridgehead atoms. The third-order valence-corrected chi connectivity index (χ3v) is 5.83. The van der Waals surface area contributed by atoms with Gasteiger partial charge in [0.1, 0.15) is 10.8 Å². The molecule has 1 aromatic carbocycles. The Morgan fingerprint density at radius 2 is 2.00 bits per heavy atom. The fraction of sp³-hybridized carbons (Fsp3) is 0.364. The molecule has 2 N–H and O–H groups in total. The quantitative estimate of drug-likeness (QED) is 0.586. The van der Waals surface area contributed by atoms with Crippen molar-refractivity contribution in [3.05, 3.63) is 59.3 Å². The fourth-order valence-corrected chi connectivity index (χ4v) is 4.20. The first-order valence-electron chi connectivity index (χ1n) is 10.3. The number of anilines is 1. The summed E-state index contributed by atoms with van der Waals surface area (Å²) in [5.41, 5.74) is 1.95. The van der Waals surface area contributed by atoms with E-state index in [0.717, 1.165) is 19.6 Å². The molecule has 0 aromatic heterocycles. The minimum atomic E-state index is -4.74. The van der Waals surface area contributed by atoms with Crippen LogP contribution in [-0.2, 0) is 9.53 Å². The van der Waals surface area contributed by atoms with Crippen LogP contribution in [-0.4, -0.2) is 61.6 Å². The molecule has 0 unspecified atom stereocenters. The predicted molar refractivity (Wildman–Crippen MR) is 123 cm³/mol. The number of hydrogen-bond donors (Lipinski definition) is 2. The topological polar surface area (TPSA) is 75.2 Å². The van der Waals surface area contributed by atoms with E-state index in [4.69, 9.17) is 4.74 Å². The molecule has 0 spiro atoms. The van der Waals surface area contributed by atoms with E-state index in [2.05, 4.69) is 31.8 Å². The van der Waals surface area contributed by atoms with Gasteiger partial charge >= 0.3 is 6.36 Å². The highest BCUT2D eigenvalue weighted by atomic mass is 32.2. The lowest BCUT2D eigenvalue weighted by Crippen LogP contribution is -2.41. The van der Waals surface area contributed by atoms with Gasteiger partial charge < -0.3 is 20.1 Å². The Hall–Kier alpha value is -2.76. The summed E-state index contributed by atoms with van der Waals surface area (Å²) in [6.45, 7) is 9.80. The lowest BCUT2D eigenvalue weighted by molar-refractivity contribution is -0.274. The zero-order chi connectivity index (χ0) is 23.8. The van der Waals surface area contributed by atoms with Crippen LogP contribution >= 0.6 is 11.8 Å². The molecule has 1 aromatic rings. The molecule has 0 saturated carbocycles. The van der Waals surface area contributed by atoms with Gasteiger partial charge in [-0.2, -0.15) is 0 Å². The first-order valence-corrected chi connectivity index (χ1v) is 11.1. The standard InChI is InChI=1S/C22H25F3N4O3S/c1-3-26-21-18(15(2)28-16-4-6-17(7-5-16)32-22(23,24)25)14-19(33-21)20(30)27-8-9-29-10-12-31-13-11-29/h3-7,14,28H,1,8-13H2,2H3,(H,27,30)/b18-15+,26-21+. The van der Waals surface area contributed by atoms with Crippen molar-refractivity contribution in [1.29, 1.82) is 0 Å². The van der Waals surface area contributed by atoms with E-state index in [1.54, 1.807) is 13.0 Å². The van der Waals surface area contributed by atoms with E-state index in [9.17, 15) is 18.0 Å². The first kappa shape index (κ1) is 24.9. The van der Waals surface area contributed by atoms with Crippen LogP contribution in [0.1, 0.15) is 6.92 Å². The second-order valence-electron chi connectivity index (χ2n) is 7.17. The minimum Gasteiger partial charge on any atom is -0.406 e. The van der Waals surface area contributed by atoms with Crippen LogP contribution in [0, 0.1) is 0 Å². The summed E-state index contributed by atoms with van der Waals surface area (Å²) in [6, 6.07) is 5.39. The van der Waals surface area contributed by atoms with Crippen molar-refractivity contribution in [2.45, 2.75) is 13.3 Å². The molecule has 2 aliphatic heterocycles. The van der Waals surface area contributed by atoms with Crippen molar-refractivity contribution in [1.82, 2.24) is 10.2 Å². The van der Waals surface area contributed by atoms with Gasteiger partial charge in [0, 0.05) is 49.3 Å². The number of nitrogens with zero attached hydrogens (tertiary/aromatic N) is 2. The monoisotopic (exact) mass is 482 g/mol. The third-order valence-electron chi connectivity index (χ3n) is 4.79. The van der Waals surface area contributed by atoms with E-state index in [1.807, 2.05) is 0 Å². The van der Waals surface area contributed by atoms with Crippen LogP contribution in [0.25, 0.3) is 0 Å². The van der Waals surface area contributed by atoms with E-state index in [1.165, 1.54) is 42.2 Å². The molecular formula is C22H25F3N4O3S. The molecule has 2 heterocycles. The van der Waals surface area contributed by atoms with Gasteiger partial charge in [0.2, 0.25) is 0 Å². The van der Waals surface area contributed by atoms with Gasteiger partial charge in [-0.15, -0.1) is 13.2 Å². The zero-order valence-corrected chi connectivity index (χ0v) is 18.9. The van der Waals surface area contributed by atoms with Gasteiger partial charge in [-0.25, -0.2) is 4.99 Å². The largest absolute Gasteiger partial charge is 0.573 e. The van der Waals surface area contributed by atoms with Gasteiger partial charge in [0.05, 0.1) is 18.1 Å². The van der Waals surface area contributed by atoms with E-state index >= 15 is 0 Å². The summed E-state index contributed by atoms with van der Waals surface area (Å²) < 4.78 is 46.2. The fourth-order valence-electron chi connectivity index (χ4n) is 3.20. The second kappa shape index (κ2) is 11.4. The van der Waals surface area contributed by atoms with Crippen molar-refractivity contribution in [2.75, 3.05) is 44.7 Å². The maximum atomic E-state index is 12.6. The summed E-state index contributed by atoms with van der Waals surface area (Å²) in [6.07, 6.45) is -1.61. The number of halogens is 3. The number of allylic oxidation sites excluding steroid dienone is 2. The number of amides is 1. The summed E-state index contributed by atoms with van der Waals surface area (Å²) >= 11 is 1.24. The molecule has 33 heavy (non-hydrogen) atoms. The molecule has 0 radical (unpaired) electrons. The number of alkyl halides is 3. The average molecular weight is 483 g/mol. The Morgan fingerprint density at radius 1 is 1.30 bits per heavy atom. The van der Waals surface area contributed by atoms with Crippen LogP contribution in [0.4, 0.5) is 18.9 Å². The lowest BCUT2D eigenvalue weighted by Gasteiger charge is -2.26. The Labute approximate surface area is 194 Å². The molecule has 0 atom stereocenters. The normalized spacial score (nSPS) is 19.8. The highest BCUT2D eigenvalue weighted by Gasteiger charge is 2.31. The van der Waals surface area contributed by atoms with Crippen LogP contribution in [0.15, 0.2) is 64.3 Å². The van der Waals surface area contributed by atoms with Crippen LogP contribution in [0.5, 0.6) is 5.75 Å². The molecule has 7 nitrogen and oxygen atoms in total. The van der Waals surface area contributed by atoms with E-state index in [0.29, 0.717) is 46.7 Å². The van der Waals surface area contributed by atoms with Crippen LogP contribution in [0.3, 0.4) is 0 Å². The van der Waals surface area contributed by atoms with E-state index < -0.39 is 6.36 Å². The number of nitrogens with one attached hydrogen (secondary N) is 2. The number of thioether (sulfide) groups is 1. The van der Waals surface area contributed by atoms with Gasteiger partial charge in [-0.3, -0.25) is 9.69 Å². The Morgan fingerprint density at radius 3 is 2.64 bits per heavy atom. The predicted octanol–water partition coefficient (Wildman–Crippen LogP) is 3.89. The Kier molecular flexibility index (Phi) is 8.59. The van der Waals surface area contributed by atoms with Crippen molar-refractivity contribution < 1.29 is 27.4 Å². The average Bonchev–Trinajstić information content (AvgIpc) is 3.19. The van der Waals surface area contributed by atoms with Crippen molar-refractivity contribution >= 4 is 28.4 Å². The molecule has 1 saturated heterocycles. The molecule has 11 heteroatoms. The molecule has 0 aliphatic carbocycles. The molecule has 1 fully saturated rings. The number of aliphatic imine (C=N–C) groups is 1. The minimum absolute atomic E-state index is 0.193.